The summed E-state index contributed by atoms with van der Waals surface area (Å²) in [5.74, 6) is 0.631. The Kier molecular flexibility index (Phi) is 4.97. The topological polar surface area (TPSA) is 20.2 Å². The molecule has 1 heteroatoms. The summed E-state index contributed by atoms with van der Waals surface area (Å²) in [7, 11) is 0. The first-order valence-corrected chi connectivity index (χ1v) is 7.46. The molecule has 0 aliphatic heterocycles. The van der Waals surface area contributed by atoms with Gasteiger partial charge in [0.05, 0.1) is 0 Å². The van der Waals surface area contributed by atoms with Gasteiger partial charge in [-0.1, -0.05) is 69.3 Å². The molecule has 1 nitrogen and oxygen atoms in total. The van der Waals surface area contributed by atoms with Crippen LogP contribution < -0.4 is 0 Å². The third kappa shape index (κ3) is 3.71. The second kappa shape index (κ2) is 6.71. The lowest BCUT2D eigenvalue weighted by Gasteiger charge is -2.14. The van der Waals surface area contributed by atoms with Gasteiger partial charge in [0.15, 0.2) is 0 Å². The van der Waals surface area contributed by atoms with Crippen molar-refractivity contribution in [1.82, 2.24) is 0 Å². The van der Waals surface area contributed by atoms with E-state index in [4.69, 9.17) is 0 Å². The Balaban J connectivity index is 2.20. The van der Waals surface area contributed by atoms with Crippen molar-refractivity contribution in [3.05, 3.63) is 70.8 Å². The first-order chi connectivity index (χ1) is 9.60. The van der Waals surface area contributed by atoms with Crippen molar-refractivity contribution in [1.29, 1.82) is 0 Å². The molecule has 0 aliphatic carbocycles. The van der Waals surface area contributed by atoms with Crippen LogP contribution in [-0.4, -0.2) is 5.11 Å². The molecule has 106 valence electrons. The molecule has 0 saturated carbocycles. The Bertz CT molecular complexity index is 540. The van der Waals surface area contributed by atoms with Crippen molar-refractivity contribution in [3.8, 4) is 0 Å². The quantitative estimate of drug-likeness (QED) is 0.844. The zero-order valence-electron chi connectivity index (χ0n) is 12.6. The summed E-state index contributed by atoms with van der Waals surface area (Å²) >= 11 is 0. The molecule has 1 N–H and O–H groups in total. The molecular weight excluding hydrogens is 244 g/mol. The van der Waals surface area contributed by atoms with E-state index in [-0.39, 0.29) is 0 Å². The largest absolute Gasteiger partial charge is 0.384 e. The molecule has 0 saturated heterocycles. The monoisotopic (exact) mass is 268 g/mol. The average molecular weight is 268 g/mol. The van der Waals surface area contributed by atoms with Gasteiger partial charge in [-0.3, -0.25) is 0 Å². The molecule has 2 aromatic carbocycles. The predicted molar refractivity (Wildman–Crippen MR) is 84.9 cm³/mol. The summed E-state index contributed by atoms with van der Waals surface area (Å²) in [6.45, 7) is 6.57. The van der Waals surface area contributed by atoms with E-state index >= 15 is 0 Å². The van der Waals surface area contributed by atoms with E-state index < -0.39 is 6.10 Å². The van der Waals surface area contributed by atoms with Crippen LogP contribution in [0, 0.1) is 5.92 Å². The molecule has 0 fully saturated rings. The van der Waals surface area contributed by atoms with E-state index in [9.17, 15) is 5.11 Å². The molecule has 0 radical (unpaired) electrons. The van der Waals surface area contributed by atoms with Crippen LogP contribution in [0.25, 0.3) is 0 Å². The van der Waals surface area contributed by atoms with Gasteiger partial charge >= 0.3 is 0 Å². The smallest absolute Gasteiger partial charge is 0.104 e. The van der Waals surface area contributed by atoms with Crippen LogP contribution in [0.2, 0.25) is 0 Å². The minimum atomic E-state index is -0.534. The van der Waals surface area contributed by atoms with Crippen molar-refractivity contribution in [2.24, 2.45) is 5.92 Å². The lowest BCUT2D eigenvalue weighted by atomic mass is 9.96. The summed E-state index contributed by atoms with van der Waals surface area (Å²) < 4.78 is 0. The minimum Gasteiger partial charge on any atom is -0.384 e. The highest BCUT2D eigenvalue weighted by Gasteiger charge is 2.11. The Morgan fingerprint density at radius 3 is 2.20 bits per heavy atom. The maximum absolute atomic E-state index is 10.5. The van der Waals surface area contributed by atoms with E-state index in [1.807, 2.05) is 24.3 Å². The number of aliphatic hydroxyl groups excluding tert-OH is 1. The number of aryl methyl sites for hydroxylation is 1. The van der Waals surface area contributed by atoms with Crippen molar-refractivity contribution in [2.45, 2.75) is 39.7 Å². The van der Waals surface area contributed by atoms with Gasteiger partial charge in [0, 0.05) is 0 Å². The number of aliphatic hydroxyl groups is 1. The van der Waals surface area contributed by atoms with Crippen LogP contribution in [0.4, 0.5) is 0 Å². The van der Waals surface area contributed by atoms with Crippen LogP contribution in [0.15, 0.2) is 48.5 Å². The highest BCUT2D eigenvalue weighted by Crippen LogP contribution is 2.24. The summed E-state index contributed by atoms with van der Waals surface area (Å²) in [5.41, 5.74) is 4.53. The van der Waals surface area contributed by atoms with Crippen LogP contribution in [0.5, 0.6) is 0 Å². The Hall–Kier alpha value is -1.60. The fourth-order valence-corrected chi connectivity index (χ4v) is 2.49. The highest BCUT2D eigenvalue weighted by molar-refractivity contribution is 5.34. The molecule has 0 aliphatic rings. The van der Waals surface area contributed by atoms with Gasteiger partial charge in [-0.15, -0.1) is 0 Å². The summed E-state index contributed by atoms with van der Waals surface area (Å²) in [6, 6.07) is 16.5. The molecule has 0 amide bonds. The molecule has 20 heavy (non-hydrogen) atoms. The second-order valence-corrected chi connectivity index (χ2v) is 5.84. The number of hydrogen-bond donors (Lipinski definition) is 1. The minimum absolute atomic E-state index is 0.534. The summed E-state index contributed by atoms with van der Waals surface area (Å²) in [5, 5.41) is 10.5. The third-order valence-corrected chi connectivity index (χ3v) is 3.61. The highest BCUT2D eigenvalue weighted by atomic mass is 16.3. The van der Waals surface area contributed by atoms with Crippen molar-refractivity contribution >= 4 is 0 Å². The summed E-state index contributed by atoms with van der Waals surface area (Å²) in [6.07, 6.45) is 1.54. The SMILES string of the molecule is CCc1ccc(C(O)c2cccc(CC(C)C)c2)cc1. The first kappa shape index (κ1) is 14.8. The van der Waals surface area contributed by atoms with Gasteiger partial charge in [-0.25, -0.2) is 0 Å². The molecule has 0 heterocycles. The van der Waals surface area contributed by atoms with Crippen molar-refractivity contribution in [3.63, 3.8) is 0 Å². The van der Waals surface area contributed by atoms with Crippen molar-refractivity contribution in [2.75, 3.05) is 0 Å². The van der Waals surface area contributed by atoms with Crippen molar-refractivity contribution < 1.29 is 5.11 Å². The predicted octanol–water partition coefficient (Wildman–Crippen LogP) is 4.53. The van der Waals surface area contributed by atoms with Crippen LogP contribution in [-0.2, 0) is 12.8 Å². The number of hydrogen-bond acceptors (Lipinski definition) is 1. The third-order valence-electron chi connectivity index (χ3n) is 3.61. The number of benzene rings is 2. The van der Waals surface area contributed by atoms with E-state index in [2.05, 4.69) is 45.0 Å². The van der Waals surface area contributed by atoms with Crippen LogP contribution in [0.3, 0.4) is 0 Å². The molecule has 1 atom stereocenters. The Morgan fingerprint density at radius 2 is 1.60 bits per heavy atom. The normalized spacial score (nSPS) is 12.7. The fraction of sp³-hybridized carbons (Fsp3) is 0.368. The molecular formula is C19H24O. The Labute approximate surface area is 122 Å². The second-order valence-electron chi connectivity index (χ2n) is 5.84. The molecule has 0 spiro atoms. The molecule has 0 bridgehead atoms. The van der Waals surface area contributed by atoms with Crippen LogP contribution in [0.1, 0.15) is 49.1 Å². The van der Waals surface area contributed by atoms with E-state index in [0.717, 1.165) is 24.0 Å². The Morgan fingerprint density at radius 1 is 0.900 bits per heavy atom. The molecule has 2 rings (SSSR count). The average Bonchev–Trinajstić information content (AvgIpc) is 2.46. The standard InChI is InChI=1S/C19H24O/c1-4-15-8-10-17(11-9-15)19(20)18-7-5-6-16(13-18)12-14(2)3/h5-11,13-14,19-20H,4,12H2,1-3H3. The van der Waals surface area contributed by atoms with Gasteiger partial charge in [0.2, 0.25) is 0 Å². The molecule has 0 aromatic heterocycles. The number of rotatable bonds is 5. The van der Waals surface area contributed by atoms with Crippen LogP contribution >= 0.6 is 0 Å². The lowest BCUT2D eigenvalue weighted by molar-refractivity contribution is 0.220. The maximum atomic E-state index is 10.5. The molecule has 1 unspecified atom stereocenters. The van der Waals surface area contributed by atoms with E-state index in [1.54, 1.807) is 0 Å². The fourth-order valence-electron chi connectivity index (χ4n) is 2.49. The zero-order chi connectivity index (χ0) is 14.5. The van der Waals surface area contributed by atoms with Gasteiger partial charge in [-0.2, -0.15) is 0 Å². The van der Waals surface area contributed by atoms with Gasteiger partial charge in [0.1, 0.15) is 6.10 Å². The lowest BCUT2D eigenvalue weighted by Crippen LogP contribution is -2.02. The van der Waals surface area contributed by atoms with E-state index in [1.165, 1.54) is 11.1 Å². The molecule has 2 aromatic rings. The van der Waals surface area contributed by atoms with E-state index in [0.29, 0.717) is 5.92 Å². The summed E-state index contributed by atoms with van der Waals surface area (Å²) in [4.78, 5) is 0. The zero-order valence-corrected chi connectivity index (χ0v) is 12.6. The van der Waals surface area contributed by atoms with Gasteiger partial charge in [-0.05, 0) is 41.0 Å². The maximum Gasteiger partial charge on any atom is 0.104 e. The van der Waals surface area contributed by atoms with Gasteiger partial charge in [0.25, 0.3) is 0 Å². The first-order valence-electron chi connectivity index (χ1n) is 7.46. The van der Waals surface area contributed by atoms with Gasteiger partial charge < -0.3 is 5.11 Å².